The molecule has 0 saturated heterocycles. The molecule has 1 heterocycles. The van der Waals surface area contributed by atoms with Crippen LogP contribution in [0.3, 0.4) is 0 Å². The molecular formula is C15H12O6. The molecule has 0 bridgehead atoms. The zero-order valence-electron chi connectivity index (χ0n) is 10.9. The van der Waals surface area contributed by atoms with Crippen molar-refractivity contribution in [2.45, 2.75) is 6.61 Å². The summed E-state index contributed by atoms with van der Waals surface area (Å²) in [6, 6.07) is 12.5. The van der Waals surface area contributed by atoms with Gasteiger partial charge in [0.1, 0.15) is 6.61 Å². The van der Waals surface area contributed by atoms with E-state index in [1.54, 1.807) is 6.07 Å². The Labute approximate surface area is 120 Å². The van der Waals surface area contributed by atoms with E-state index in [-0.39, 0.29) is 24.9 Å². The fourth-order valence-corrected chi connectivity index (χ4v) is 1.93. The number of hydrogen-bond donors (Lipinski definition) is 1. The van der Waals surface area contributed by atoms with E-state index in [0.29, 0.717) is 11.5 Å². The van der Waals surface area contributed by atoms with Crippen molar-refractivity contribution in [2.75, 3.05) is 6.79 Å². The lowest BCUT2D eigenvalue weighted by molar-refractivity contribution is 0.141. The molecule has 0 saturated carbocycles. The van der Waals surface area contributed by atoms with Crippen LogP contribution in [0.5, 0.6) is 23.0 Å². The molecule has 0 atom stereocenters. The molecule has 1 aliphatic rings. The van der Waals surface area contributed by atoms with Gasteiger partial charge >= 0.3 is 6.16 Å². The SMILES string of the molecule is O=C(O)Oc1cc2c(cc1OCc1ccccc1)OCO2. The molecule has 0 amide bonds. The molecule has 0 aliphatic carbocycles. The Balaban J connectivity index is 1.83. The van der Waals surface area contributed by atoms with Crippen molar-refractivity contribution in [2.24, 2.45) is 0 Å². The molecule has 0 aromatic heterocycles. The quantitative estimate of drug-likeness (QED) is 0.688. The third kappa shape index (κ3) is 3.00. The van der Waals surface area contributed by atoms with E-state index in [1.165, 1.54) is 6.07 Å². The van der Waals surface area contributed by atoms with Gasteiger partial charge in [-0.05, 0) is 5.56 Å². The maximum absolute atomic E-state index is 10.7. The van der Waals surface area contributed by atoms with Crippen LogP contribution in [-0.4, -0.2) is 18.1 Å². The number of carboxylic acid groups (broad SMARTS) is 1. The highest BCUT2D eigenvalue weighted by atomic mass is 16.7. The monoisotopic (exact) mass is 288 g/mol. The molecule has 3 rings (SSSR count). The number of hydrogen-bond acceptors (Lipinski definition) is 5. The van der Waals surface area contributed by atoms with Crippen LogP contribution in [0.2, 0.25) is 0 Å². The van der Waals surface area contributed by atoms with Gasteiger partial charge in [-0.25, -0.2) is 4.79 Å². The lowest BCUT2D eigenvalue weighted by atomic mass is 10.2. The van der Waals surface area contributed by atoms with Crippen LogP contribution in [0.15, 0.2) is 42.5 Å². The minimum Gasteiger partial charge on any atom is -0.485 e. The largest absolute Gasteiger partial charge is 0.511 e. The van der Waals surface area contributed by atoms with Gasteiger partial charge in [0.15, 0.2) is 23.0 Å². The lowest BCUT2D eigenvalue weighted by Crippen LogP contribution is -2.05. The molecule has 2 aromatic carbocycles. The maximum Gasteiger partial charge on any atom is 0.511 e. The van der Waals surface area contributed by atoms with Gasteiger partial charge in [-0.2, -0.15) is 0 Å². The summed E-state index contributed by atoms with van der Waals surface area (Å²) in [5.74, 6) is 1.28. The summed E-state index contributed by atoms with van der Waals surface area (Å²) >= 11 is 0. The van der Waals surface area contributed by atoms with E-state index in [2.05, 4.69) is 0 Å². The van der Waals surface area contributed by atoms with Crippen LogP contribution in [-0.2, 0) is 6.61 Å². The van der Waals surface area contributed by atoms with Gasteiger partial charge < -0.3 is 24.1 Å². The van der Waals surface area contributed by atoms with Gasteiger partial charge in [-0.1, -0.05) is 30.3 Å². The summed E-state index contributed by atoms with van der Waals surface area (Å²) in [7, 11) is 0. The Bertz CT molecular complexity index is 653. The maximum atomic E-state index is 10.7. The minimum atomic E-state index is -1.42. The van der Waals surface area contributed by atoms with E-state index < -0.39 is 6.16 Å². The standard InChI is InChI=1S/C15H12O6/c16-15(17)21-14-7-12-11(19-9-20-12)6-13(14)18-8-10-4-2-1-3-5-10/h1-7H,8-9H2,(H,16,17). The Morgan fingerprint density at radius 2 is 1.76 bits per heavy atom. The summed E-state index contributed by atoms with van der Waals surface area (Å²) in [6.45, 7) is 0.375. The Morgan fingerprint density at radius 3 is 2.43 bits per heavy atom. The first-order valence-electron chi connectivity index (χ1n) is 6.23. The Hall–Kier alpha value is -2.89. The van der Waals surface area contributed by atoms with Crippen LogP contribution >= 0.6 is 0 Å². The Morgan fingerprint density at radius 1 is 1.10 bits per heavy atom. The molecule has 1 aliphatic heterocycles. The van der Waals surface area contributed by atoms with Crippen molar-refractivity contribution in [3.63, 3.8) is 0 Å². The van der Waals surface area contributed by atoms with Gasteiger partial charge in [-0.15, -0.1) is 0 Å². The highest BCUT2D eigenvalue weighted by molar-refractivity contribution is 5.65. The second-order valence-corrected chi connectivity index (χ2v) is 4.29. The van der Waals surface area contributed by atoms with Crippen molar-refractivity contribution in [3.8, 4) is 23.0 Å². The van der Waals surface area contributed by atoms with Gasteiger partial charge in [-0.3, -0.25) is 0 Å². The average molecular weight is 288 g/mol. The smallest absolute Gasteiger partial charge is 0.485 e. The predicted octanol–water partition coefficient (Wildman–Crippen LogP) is 3.05. The number of carbonyl (C=O) groups is 1. The predicted molar refractivity (Wildman–Crippen MR) is 72.0 cm³/mol. The molecule has 6 nitrogen and oxygen atoms in total. The third-order valence-corrected chi connectivity index (χ3v) is 2.87. The Kier molecular flexibility index (Phi) is 3.51. The molecule has 2 aromatic rings. The molecule has 1 N–H and O–H groups in total. The third-order valence-electron chi connectivity index (χ3n) is 2.87. The molecular weight excluding hydrogens is 276 g/mol. The van der Waals surface area contributed by atoms with Crippen LogP contribution < -0.4 is 18.9 Å². The molecule has 0 radical (unpaired) electrons. The van der Waals surface area contributed by atoms with E-state index >= 15 is 0 Å². The summed E-state index contributed by atoms with van der Waals surface area (Å²) < 4.78 is 20.8. The lowest BCUT2D eigenvalue weighted by Gasteiger charge is -2.11. The first kappa shape index (κ1) is 13.1. The molecule has 21 heavy (non-hydrogen) atoms. The summed E-state index contributed by atoms with van der Waals surface area (Å²) in [5, 5.41) is 8.78. The summed E-state index contributed by atoms with van der Waals surface area (Å²) in [4.78, 5) is 10.7. The minimum absolute atomic E-state index is 0.0719. The van der Waals surface area contributed by atoms with Crippen LogP contribution in [0, 0.1) is 0 Å². The fourth-order valence-electron chi connectivity index (χ4n) is 1.93. The second-order valence-electron chi connectivity index (χ2n) is 4.29. The fraction of sp³-hybridized carbons (Fsp3) is 0.133. The highest BCUT2D eigenvalue weighted by Gasteiger charge is 2.20. The van der Waals surface area contributed by atoms with Gasteiger partial charge in [0.05, 0.1) is 0 Å². The molecule has 108 valence electrons. The first-order chi connectivity index (χ1) is 10.2. The first-order valence-corrected chi connectivity index (χ1v) is 6.23. The molecule has 0 unspecified atom stereocenters. The number of benzene rings is 2. The number of ether oxygens (including phenoxy) is 4. The normalized spacial score (nSPS) is 12.0. The van der Waals surface area contributed by atoms with Crippen LogP contribution in [0.4, 0.5) is 4.79 Å². The summed E-state index contributed by atoms with van der Waals surface area (Å²) in [6.07, 6.45) is -1.42. The molecule has 0 spiro atoms. The van der Waals surface area contributed by atoms with Crippen LogP contribution in [0.25, 0.3) is 0 Å². The molecule has 6 heteroatoms. The highest BCUT2D eigenvalue weighted by Crippen LogP contribution is 2.42. The van der Waals surface area contributed by atoms with E-state index in [0.717, 1.165) is 5.56 Å². The summed E-state index contributed by atoms with van der Waals surface area (Å²) in [5.41, 5.74) is 0.955. The zero-order chi connectivity index (χ0) is 14.7. The van der Waals surface area contributed by atoms with Crippen molar-refractivity contribution in [3.05, 3.63) is 48.0 Å². The topological polar surface area (TPSA) is 74.2 Å². The zero-order valence-corrected chi connectivity index (χ0v) is 10.9. The molecule has 0 fully saturated rings. The number of fused-ring (bicyclic) bond motifs is 1. The van der Waals surface area contributed by atoms with Crippen molar-refractivity contribution in [1.82, 2.24) is 0 Å². The average Bonchev–Trinajstić information content (AvgIpc) is 2.92. The van der Waals surface area contributed by atoms with Gasteiger partial charge in [0.2, 0.25) is 6.79 Å². The van der Waals surface area contributed by atoms with E-state index in [1.807, 2.05) is 30.3 Å². The van der Waals surface area contributed by atoms with Crippen molar-refractivity contribution in [1.29, 1.82) is 0 Å². The van der Waals surface area contributed by atoms with Crippen LogP contribution in [0.1, 0.15) is 5.56 Å². The van der Waals surface area contributed by atoms with E-state index in [9.17, 15) is 4.79 Å². The van der Waals surface area contributed by atoms with Gasteiger partial charge in [0.25, 0.3) is 0 Å². The number of rotatable bonds is 4. The van der Waals surface area contributed by atoms with E-state index in [4.69, 9.17) is 24.1 Å². The van der Waals surface area contributed by atoms with Crippen molar-refractivity contribution < 1.29 is 28.8 Å². The second kappa shape index (κ2) is 5.62. The van der Waals surface area contributed by atoms with Crippen molar-refractivity contribution >= 4 is 6.16 Å². The van der Waals surface area contributed by atoms with Gasteiger partial charge in [0, 0.05) is 12.1 Å².